The van der Waals surface area contributed by atoms with Gasteiger partial charge in [0.15, 0.2) is 16.9 Å². The van der Waals surface area contributed by atoms with Gasteiger partial charge in [0.05, 0.1) is 32.4 Å². The van der Waals surface area contributed by atoms with Gasteiger partial charge in [0.25, 0.3) is 0 Å². The van der Waals surface area contributed by atoms with E-state index in [-0.39, 0.29) is 46.1 Å². The number of rotatable bonds is 6. The van der Waals surface area contributed by atoms with Crippen LogP contribution in [0, 0.1) is 13.8 Å². The molecular weight excluding hydrogens is 386 g/mol. The van der Waals surface area contributed by atoms with E-state index in [2.05, 4.69) is 5.32 Å². The minimum atomic E-state index is -0.470. The maximum Gasteiger partial charge on any atom is 0.207 e. The van der Waals surface area contributed by atoms with E-state index >= 15 is 0 Å². The normalized spacial score (nSPS) is 11.1. The number of Topliss-reactive ketones (excluding diaryl/α,β-unsaturated/α-hetero) is 1. The van der Waals surface area contributed by atoms with Gasteiger partial charge in [0, 0.05) is 5.69 Å². The molecule has 30 heavy (non-hydrogen) atoms. The molecule has 0 aliphatic heterocycles. The third-order valence-corrected chi connectivity index (χ3v) is 5.03. The minimum Gasteiger partial charge on any atom is -0.495 e. The summed E-state index contributed by atoms with van der Waals surface area (Å²) in [5, 5.41) is 3.76. The zero-order valence-electron chi connectivity index (χ0n) is 17.1. The Balaban J connectivity index is 1.84. The molecule has 0 saturated carbocycles. The fourth-order valence-electron chi connectivity index (χ4n) is 3.57. The minimum absolute atomic E-state index is 0.0229. The van der Waals surface area contributed by atoms with E-state index in [9.17, 15) is 9.59 Å². The van der Waals surface area contributed by atoms with E-state index in [4.69, 9.17) is 18.3 Å². The molecule has 154 valence electrons. The summed E-state index contributed by atoms with van der Waals surface area (Å²) in [5.74, 6) is 0.387. The van der Waals surface area contributed by atoms with Crippen molar-refractivity contribution < 1.29 is 23.1 Å². The molecule has 0 saturated heterocycles. The van der Waals surface area contributed by atoms with Crippen molar-refractivity contribution in [3.05, 3.63) is 63.7 Å². The standard InChI is InChI=1S/C23H21NO6/c1-12-5-7-14(8-6-12)24-11-16(25)17-13(2)30-22-18(19(17)26)20(27-3)15-9-10-29-21(15)23(22)28-4/h5-10,24H,11H2,1-4H3. The van der Waals surface area contributed by atoms with Crippen molar-refractivity contribution in [3.63, 3.8) is 0 Å². The van der Waals surface area contributed by atoms with Crippen LogP contribution in [0.2, 0.25) is 0 Å². The Kier molecular flexibility index (Phi) is 4.95. The van der Waals surface area contributed by atoms with Crippen molar-refractivity contribution in [2.45, 2.75) is 13.8 Å². The number of aryl methyl sites for hydroxylation is 2. The lowest BCUT2D eigenvalue weighted by molar-refractivity contribution is 0.100. The highest BCUT2D eigenvalue weighted by Gasteiger charge is 2.27. The molecule has 2 heterocycles. The number of nitrogens with one attached hydrogen (secondary N) is 1. The Morgan fingerprint density at radius 2 is 1.70 bits per heavy atom. The summed E-state index contributed by atoms with van der Waals surface area (Å²) in [6.07, 6.45) is 1.48. The number of ketones is 1. The quantitative estimate of drug-likeness (QED) is 0.472. The first kappa shape index (κ1) is 19.6. The molecule has 2 aromatic carbocycles. The van der Waals surface area contributed by atoms with Crippen LogP contribution < -0.4 is 20.2 Å². The predicted molar refractivity (Wildman–Crippen MR) is 114 cm³/mol. The molecule has 7 nitrogen and oxygen atoms in total. The van der Waals surface area contributed by atoms with Crippen LogP contribution in [-0.4, -0.2) is 26.5 Å². The van der Waals surface area contributed by atoms with Gasteiger partial charge in [-0.05, 0) is 32.0 Å². The van der Waals surface area contributed by atoms with E-state index in [1.54, 1.807) is 13.0 Å². The first-order valence-corrected chi connectivity index (χ1v) is 9.38. The molecular formula is C23H21NO6. The Morgan fingerprint density at radius 3 is 2.37 bits per heavy atom. The molecule has 0 amide bonds. The summed E-state index contributed by atoms with van der Waals surface area (Å²) in [4.78, 5) is 26.3. The molecule has 4 rings (SSSR count). The Bertz CT molecular complexity index is 1310. The van der Waals surface area contributed by atoms with E-state index < -0.39 is 5.43 Å². The topological polar surface area (TPSA) is 90.9 Å². The third kappa shape index (κ3) is 3.08. The Hall–Kier alpha value is -3.74. The summed E-state index contributed by atoms with van der Waals surface area (Å²) < 4.78 is 22.3. The van der Waals surface area contributed by atoms with Gasteiger partial charge in [-0.15, -0.1) is 0 Å². The van der Waals surface area contributed by atoms with Crippen molar-refractivity contribution in [1.82, 2.24) is 0 Å². The van der Waals surface area contributed by atoms with Crippen molar-refractivity contribution in [2.75, 3.05) is 26.1 Å². The van der Waals surface area contributed by atoms with Gasteiger partial charge in [-0.25, -0.2) is 0 Å². The third-order valence-electron chi connectivity index (χ3n) is 5.03. The van der Waals surface area contributed by atoms with Crippen LogP contribution >= 0.6 is 0 Å². The van der Waals surface area contributed by atoms with Crippen LogP contribution in [0.25, 0.3) is 21.9 Å². The highest BCUT2D eigenvalue weighted by Crippen LogP contribution is 2.42. The van der Waals surface area contributed by atoms with E-state index in [0.717, 1.165) is 11.3 Å². The number of ether oxygens (including phenoxy) is 2. The number of hydrogen-bond donors (Lipinski definition) is 1. The summed E-state index contributed by atoms with van der Waals surface area (Å²) in [6, 6.07) is 9.31. The lowest BCUT2D eigenvalue weighted by atomic mass is 10.0. The van der Waals surface area contributed by atoms with E-state index in [1.165, 1.54) is 20.5 Å². The van der Waals surface area contributed by atoms with Crippen molar-refractivity contribution in [2.24, 2.45) is 0 Å². The molecule has 0 bridgehead atoms. The molecule has 2 aromatic heterocycles. The number of furan rings is 1. The number of hydrogen-bond acceptors (Lipinski definition) is 7. The molecule has 0 atom stereocenters. The smallest absolute Gasteiger partial charge is 0.207 e. The van der Waals surface area contributed by atoms with Crippen LogP contribution in [0.15, 0.2) is 50.2 Å². The molecule has 4 aromatic rings. The Morgan fingerprint density at radius 1 is 1.00 bits per heavy atom. The summed E-state index contributed by atoms with van der Waals surface area (Å²) in [6.45, 7) is 3.52. The number of fused-ring (bicyclic) bond motifs is 2. The van der Waals surface area contributed by atoms with Gasteiger partial charge in [-0.2, -0.15) is 0 Å². The van der Waals surface area contributed by atoms with Crippen LogP contribution in [0.1, 0.15) is 21.7 Å². The largest absolute Gasteiger partial charge is 0.495 e. The maximum atomic E-state index is 13.4. The number of anilines is 1. The fourth-order valence-corrected chi connectivity index (χ4v) is 3.57. The Labute approximate surface area is 172 Å². The number of benzene rings is 2. The monoisotopic (exact) mass is 407 g/mol. The highest BCUT2D eigenvalue weighted by atomic mass is 16.5. The van der Waals surface area contributed by atoms with Crippen molar-refractivity contribution >= 4 is 33.4 Å². The number of carbonyl (C=O) groups is 1. The fraction of sp³-hybridized carbons (Fsp3) is 0.217. The van der Waals surface area contributed by atoms with Crippen LogP contribution in [0.4, 0.5) is 5.69 Å². The molecule has 0 unspecified atom stereocenters. The van der Waals surface area contributed by atoms with Gasteiger partial charge in [0.2, 0.25) is 11.2 Å². The SMILES string of the molecule is COc1c2occc2c(OC)c2c(=O)c(C(=O)CNc3ccc(C)cc3)c(C)oc12. The van der Waals surface area contributed by atoms with Gasteiger partial charge in [-0.3, -0.25) is 9.59 Å². The molecule has 0 spiro atoms. The van der Waals surface area contributed by atoms with Crippen LogP contribution in [0.5, 0.6) is 11.5 Å². The van der Waals surface area contributed by atoms with Gasteiger partial charge < -0.3 is 23.6 Å². The van der Waals surface area contributed by atoms with Crippen molar-refractivity contribution in [1.29, 1.82) is 0 Å². The zero-order valence-corrected chi connectivity index (χ0v) is 17.1. The first-order chi connectivity index (χ1) is 14.5. The van der Waals surface area contributed by atoms with Crippen LogP contribution in [0.3, 0.4) is 0 Å². The lowest BCUT2D eigenvalue weighted by Gasteiger charge is -2.13. The van der Waals surface area contributed by atoms with E-state index in [1.807, 2.05) is 31.2 Å². The van der Waals surface area contributed by atoms with Crippen molar-refractivity contribution in [3.8, 4) is 11.5 Å². The number of carbonyl (C=O) groups excluding carboxylic acids is 1. The lowest BCUT2D eigenvalue weighted by Crippen LogP contribution is -2.23. The molecule has 0 aliphatic carbocycles. The molecule has 0 fully saturated rings. The highest BCUT2D eigenvalue weighted by molar-refractivity contribution is 6.09. The maximum absolute atomic E-state index is 13.4. The summed E-state index contributed by atoms with van der Waals surface area (Å²) >= 11 is 0. The van der Waals surface area contributed by atoms with Gasteiger partial charge >= 0.3 is 0 Å². The van der Waals surface area contributed by atoms with Crippen LogP contribution in [-0.2, 0) is 0 Å². The summed E-state index contributed by atoms with van der Waals surface area (Å²) in [7, 11) is 2.91. The van der Waals surface area contributed by atoms with Gasteiger partial charge in [0.1, 0.15) is 22.5 Å². The molecule has 7 heteroatoms. The molecule has 0 radical (unpaired) electrons. The number of methoxy groups -OCH3 is 2. The predicted octanol–water partition coefficient (Wildman–Crippen LogP) is 4.47. The molecule has 0 aliphatic rings. The zero-order chi connectivity index (χ0) is 21.4. The second-order valence-corrected chi connectivity index (χ2v) is 6.94. The van der Waals surface area contributed by atoms with E-state index in [0.29, 0.717) is 11.0 Å². The molecule has 1 N–H and O–H groups in total. The summed E-state index contributed by atoms with van der Waals surface area (Å²) in [5.41, 5.74) is 2.00. The average Bonchev–Trinajstić information content (AvgIpc) is 3.21. The second kappa shape index (κ2) is 7.59. The second-order valence-electron chi connectivity index (χ2n) is 6.94. The van der Waals surface area contributed by atoms with Gasteiger partial charge in [-0.1, -0.05) is 17.7 Å². The average molecular weight is 407 g/mol. The first-order valence-electron chi connectivity index (χ1n) is 9.38.